The van der Waals surface area contributed by atoms with Gasteiger partial charge in [0, 0.05) is 10.9 Å². The van der Waals surface area contributed by atoms with Crippen LogP contribution in [0.25, 0.3) is 11.3 Å². The summed E-state index contributed by atoms with van der Waals surface area (Å²) < 4.78 is 0. The van der Waals surface area contributed by atoms with Crippen LogP contribution >= 0.6 is 11.3 Å². The molecule has 1 fully saturated rings. The Bertz CT molecular complexity index is 629. The van der Waals surface area contributed by atoms with Crippen LogP contribution in [0.5, 0.6) is 0 Å². The highest BCUT2D eigenvalue weighted by molar-refractivity contribution is 7.14. The number of benzene rings is 1. The molecule has 5 heteroatoms. The molecule has 0 saturated heterocycles. The predicted octanol–water partition coefficient (Wildman–Crippen LogP) is 2.80. The number of amides is 1. The number of nitrogens with zero attached hydrogens (tertiary/aromatic N) is 1. The molecule has 0 aliphatic heterocycles. The summed E-state index contributed by atoms with van der Waals surface area (Å²) in [5.74, 6) is -0.125. The molecule has 1 heterocycles. The topological polar surface area (TPSA) is 68.0 Å². The standard InChI is InChI=1S/C15H17N3OS/c1-2-10-3-5-11(6-4-10)12-9-20-14(17-12)18-13(19)15(16)7-8-15/h3-6,9H,2,7-8,16H2,1H3,(H,17,18,19). The minimum absolute atomic E-state index is 0.125. The molecule has 1 aromatic carbocycles. The van der Waals surface area contributed by atoms with Crippen LogP contribution in [0.2, 0.25) is 0 Å². The van der Waals surface area contributed by atoms with Crippen molar-refractivity contribution in [1.29, 1.82) is 0 Å². The number of carbonyl (C=O) groups excluding carboxylic acids is 1. The molecular weight excluding hydrogens is 270 g/mol. The van der Waals surface area contributed by atoms with Gasteiger partial charge in [-0.05, 0) is 24.8 Å². The van der Waals surface area contributed by atoms with Crippen LogP contribution in [0.3, 0.4) is 0 Å². The first-order valence-corrected chi connectivity index (χ1v) is 7.64. The van der Waals surface area contributed by atoms with Gasteiger partial charge >= 0.3 is 0 Å². The van der Waals surface area contributed by atoms with Gasteiger partial charge in [-0.25, -0.2) is 4.98 Å². The molecule has 3 N–H and O–H groups in total. The number of carbonyl (C=O) groups is 1. The third-order valence-electron chi connectivity index (χ3n) is 3.62. The summed E-state index contributed by atoms with van der Waals surface area (Å²) in [5.41, 5.74) is 8.44. The van der Waals surface area contributed by atoms with Gasteiger partial charge in [0.1, 0.15) is 0 Å². The highest BCUT2D eigenvalue weighted by atomic mass is 32.1. The maximum absolute atomic E-state index is 11.9. The van der Waals surface area contributed by atoms with Crippen molar-refractivity contribution in [3.05, 3.63) is 35.2 Å². The van der Waals surface area contributed by atoms with Gasteiger partial charge in [0.05, 0.1) is 11.2 Å². The molecule has 0 radical (unpaired) electrons. The second-order valence-corrected chi connectivity index (χ2v) is 6.06. The van der Waals surface area contributed by atoms with Crippen LogP contribution in [-0.2, 0) is 11.2 Å². The Kier molecular flexibility index (Phi) is 3.31. The molecule has 1 saturated carbocycles. The van der Waals surface area contributed by atoms with Gasteiger partial charge in [0.15, 0.2) is 5.13 Å². The zero-order chi connectivity index (χ0) is 14.2. The van der Waals surface area contributed by atoms with E-state index in [4.69, 9.17) is 5.73 Å². The Morgan fingerprint density at radius 3 is 2.70 bits per heavy atom. The molecule has 2 aromatic rings. The number of rotatable bonds is 4. The Morgan fingerprint density at radius 2 is 2.10 bits per heavy atom. The first-order valence-electron chi connectivity index (χ1n) is 6.76. The Morgan fingerprint density at radius 1 is 1.40 bits per heavy atom. The molecule has 104 valence electrons. The van der Waals surface area contributed by atoms with E-state index in [1.165, 1.54) is 16.9 Å². The van der Waals surface area contributed by atoms with Crippen molar-refractivity contribution in [1.82, 2.24) is 4.98 Å². The first kappa shape index (κ1) is 13.3. The molecule has 0 spiro atoms. The fourth-order valence-electron chi connectivity index (χ4n) is 1.96. The molecule has 0 bridgehead atoms. The Hall–Kier alpha value is -1.72. The second-order valence-electron chi connectivity index (χ2n) is 5.20. The summed E-state index contributed by atoms with van der Waals surface area (Å²) in [6.07, 6.45) is 2.54. The van der Waals surface area contributed by atoms with Gasteiger partial charge in [-0.2, -0.15) is 0 Å². The van der Waals surface area contributed by atoms with Gasteiger partial charge < -0.3 is 11.1 Å². The number of hydrogen-bond acceptors (Lipinski definition) is 4. The molecule has 20 heavy (non-hydrogen) atoms. The quantitative estimate of drug-likeness (QED) is 0.908. The van der Waals surface area contributed by atoms with Crippen LogP contribution in [0, 0.1) is 0 Å². The number of aromatic nitrogens is 1. The lowest BCUT2D eigenvalue weighted by Gasteiger charge is -2.06. The number of anilines is 1. The summed E-state index contributed by atoms with van der Waals surface area (Å²) in [6.45, 7) is 2.13. The Labute approximate surface area is 122 Å². The average molecular weight is 287 g/mol. The second kappa shape index (κ2) is 5.00. The zero-order valence-corrected chi connectivity index (χ0v) is 12.2. The zero-order valence-electron chi connectivity index (χ0n) is 11.3. The van der Waals surface area contributed by atoms with Gasteiger partial charge in [-0.15, -0.1) is 11.3 Å². The SMILES string of the molecule is CCc1ccc(-c2csc(NC(=O)C3(N)CC3)n2)cc1. The van der Waals surface area contributed by atoms with Crippen molar-refractivity contribution in [2.24, 2.45) is 5.73 Å². The van der Waals surface area contributed by atoms with Gasteiger partial charge in [-0.1, -0.05) is 31.2 Å². The van der Waals surface area contributed by atoms with E-state index in [1.807, 2.05) is 5.38 Å². The third kappa shape index (κ3) is 2.59. The monoisotopic (exact) mass is 287 g/mol. The van der Waals surface area contributed by atoms with Crippen LogP contribution < -0.4 is 11.1 Å². The molecule has 1 aromatic heterocycles. The largest absolute Gasteiger partial charge is 0.317 e. The van der Waals surface area contributed by atoms with Crippen LogP contribution in [-0.4, -0.2) is 16.4 Å². The predicted molar refractivity (Wildman–Crippen MR) is 81.7 cm³/mol. The summed E-state index contributed by atoms with van der Waals surface area (Å²) in [7, 11) is 0. The first-order chi connectivity index (χ1) is 9.60. The number of nitrogens with two attached hydrogens (primary N) is 1. The summed E-state index contributed by atoms with van der Waals surface area (Å²) in [5, 5.41) is 5.36. The van der Waals surface area contributed by atoms with Crippen LogP contribution in [0.15, 0.2) is 29.6 Å². The van der Waals surface area contributed by atoms with Crippen LogP contribution in [0.4, 0.5) is 5.13 Å². The van der Waals surface area contributed by atoms with E-state index in [2.05, 4.69) is 41.5 Å². The smallest absolute Gasteiger partial charge is 0.246 e. The number of aryl methyl sites for hydroxylation is 1. The van der Waals surface area contributed by atoms with Crippen molar-refractivity contribution in [2.75, 3.05) is 5.32 Å². The number of hydrogen-bond donors (Lipinski definition) is 2. The van der Waals surface area contributed by atoms with Crippen molar-refractivity contribution >= 4 is 22.4 Å². The van der Waals surface area contributed by atoms with Gasteiger partial charge in [0.25, 0.3) is 0 Å². The fourth-order valence-corrected chi connectivity index (χ4v) is 2.67. The molecule has 0 unspecified atom stereocenters. The van der Waals surface area contributed by atoms with Gasteiger partial charge in [-0.3, -0.25) is 4.79 Å². The van der Waals surface area contributed by atoms with E-state index in [9.17, 15) is 4.79 Å². The lowest BCUT2D eigenvalue weighted by atomic mass is 10.1. The molecule has 4 nitrogen and oxygen atoms in total. The molecule has 1 aliphatic rings. The lowest BCUT2D eigenvalue weighted by molar-refractivity contribution is -0.118. The highest BCUT2D eigenvalue weighted by Gasteiger charge is 2.46. The maximum atomic E-state index is 11.9. The van der Waals surface area contributed by atoms with Crippen molar-refractivity contribution < 1.29 is 4.79 Å². The molecule has 3 rings (SSSR count). The molecule has 1 aliphatic carbocycles. The number of thiazole rings is 1. The van der Waals surface area contributed by atoms with Crippen molar-refractivity contribution in [3.8, 4) is 11.3 Å². The molecule has 1 amide bonds. The van der Waals surface area contributed by atoms with Gasteiger partial charge in [0.2, 0.25) is 5.91 Å². The number of nitrogens with one attached hydrogen (secondary N) is 1. The van der Waals surface area contributed by atoms with Crippen LogP contribution in [0.1, 0.15) is 25.3 Å². The minimum atomic E-state index is -0.658. The van der Waals surface area contributed by atoms with E-state index >= 15 is 0 Å². The normalized spacial score (nSPS) is 15.9. The molecular formula is C15H17N3OS. The maximum Gasteiger partial charge on any atom is 0.246 e. The molecule has 0 atom stereocenters. The van der Waals surface area contributed by atoms with E-state index < -0.39 is 5.54 Å². The summed E-state index contributed by atoms with van der Waals surface area (Å²) >= 11 is 1.43. The lowest BCUT2D eigenvalue weighted by Crippen LogP contribution is -2.37. The Balaban J connectivity index is 1.74. The summed E-state index contributed by atoms with van der Waals surface area (Å²) in [4.78, 5) is 16.3. The van der Waals surface area contributed by atoms with E-state index in [0.29, 0.717) is 5.13 Å². The minimum Gasteiger partial charge on any atom is -0.317 e. The van der Waals surface area contributed by atoms with E-state index in [1.54, 1.807) is 0 Å². The van der Waals surface area contributed by atoms with E-state index in [0.717, 1.165) is 30.5 Å². The van der Waals surface area contributed by atoms with Crippen molar-refractivity contribution in [3.63, 3.8) is 0 Å². The third-order valence-corrected chi connectivity index (χ3v) is 4.38. The van der Waals surface area contributed by atoms with E-state index in [-0.39, 0.29) is 5.91 Å². The summed E-state index contributed by atoms with van der Waals surface area (Å²) in [6, 6.07) is 8.33. The average Bonchev–Trinajstić information content (AvgIpc) is 3.06. The van der Waals surface area contributed by atoms with Crippen molar-refractivity contribution in [2.45, 2.75) is 31.7 Å². The fraction of sp³-hybridized carbons (Fsp3) is 0.333. The highest BCUT2D eigenvalue weighted by Crippen LogP contribution is 2.34.